The SMILES string of the molecule is COC(=O)c1[nH]ncc1-c1cc(-c2cc(C)ccc2C)nc(N)c1C#N. The van der Waals surface area contributed by atoms with E-state index in [9.17, 15) is 10.1 Å². The first-order chi connectivity index (χ1) is 12.5. The molecule has 0 saturated heterocycles. The first-order valence-corrected chi connectivity index (χ1v) is 7.86. The largest absolute Gasteiger partial charge is 0.464 e. The molecule has 0 bridgehead atoms. The van der Waals surface area contributed by atoms with Gasteiger partial charge in [-0.3, -0.25) is 5.10 Å². The van der Waals surface area contributed by atoms with Crippen molar-refractivity contribution in [3.63, 3.8) is 0 Å². The molecule has 0 aliphatic carbocycles. The molecule has 0 radical (unpaired) electrons. The number of H-pyrrole nitrogens is 1. The van der Waals surface area contributed by atoms with Gasteiger partial charge in [0.1, 0.15) is 17.5 Å². The fourth-order valence-corrected chi connectivity index (χ4v) is 2.79. The van der Waals surface area contributed by atoms with Crippen molar-refractivity contribution in [2.24, 2.45) is 0 Å². The van der Waals surface area contributed by atoms with Crippen molar-refractivity contribution in [3.05, 3.63) is 52.8 Å². The van der Waals surface area contributed by atoms with Crippen molar-refractivity contribution in [3.8, 4) is 28.5 Å². The number of aromatic nitrogens is 3. The number of nitrogen functional groups attached to an aromatic ring is 1. The molecule has 2 heterocycles. The van der Waals surface area contributed by atoms with Crippen molar-refractivity contribution in [1.82, 2.24) is 15.2 Å². The van der Waals surface area contributed by atoms with Crippen LogP contribution < -0.4 is 5.73 Å². The van der Waals surface area contributed by atoms with Gasteiger partial charge in [-0.2, -0.15) is 10.4 Å². The Kier molecular flexibility index (Phi) is 4.42. The monoisotopic (exact) mass is 347 g/mol. The summed E-state index contributed by atoms with van der Waals surface area (Å²) in [6.45, 7) is 3.96. The minimum atomic E-state index is -0.579. The molecule has 0 aliphatic rings. The van der Waals surface area contributed by atoms with Crippen LogP contribution in [0.2, 0.25) is 0 Å². The molecular formula is C19H17N5O2. The molecule has 3 aromatic rings. The third-order valence-electron chi connectivity index (χ3n) is 4.15. The van der Waals surface area contributed by atoms with Crippen LogP contribution in [0.25, 0.3) is 22.4 Å². The van der Waals surface area contributed by atoms with E-state index in [-0.39, 0.29) is 17.1 Å². The number of carbonyl (C=O) groups is 1. The second-order valence-corrected chi connectivity index (χ2v) is 5.90. The van der Waals surface area contributed by atoms with E-state index < -0.39 is 5.97 Å². The van der Waals surface area contributed by atoms with Crippen molar-refractivity contribution in [2.45, 2.75) is 13.8 Å². The van der Waals surface area contributed by atoms with E-state index in [1.54, 1.807) is 6.07 Å². The van der Waals surface area contributed by atoms with E-state index >= 15 is 0 Å². The number of benzene rings is 1. The maximum Gasteiger partial charge on any atom is 0.356 e. The Morgan fingerprint density at radius 1 is 1.23 bits per heavy atom. The van der Waals surface area contributed by atoms with Gasteiger partial charge in [-0.15, -0.1) is 0 Å². The van der Waals surface area contributed by atoms with Gasteiger partial charge in [0.2, 0.25) is 0 Å². The third-order valence-corrected chi connectivity index (χ3v) is 4.15. The van der Waals surface area contributed by atoms with Crippen molar-refractivity contribution >= 4 is 11.8 Å². The van der Waals surface area contributed by atoms with Crippen LogP contribution in [0, 0.1) is 25.2 Å². The van der Waals surface area contributed by atoms with Crippen LogP contribution in [-0.4, -0.2) is 28.3 Å². The molecule has 130 valence electrons. The highest BCUT2D eigenvalue weighted by Crippen LogP contribution is 2.33. The maximum atomic E-state index is 12.0. The summed E-state index contributed by atoms with van der Waals surface area (Å²) < 4.78 is 4.77. The minimum absolute atomic E-state index is 0.0953. The Morgan fingerprint density at radius 3 is 2.69 bits per heavy atom. The number of anilines is 1. The molecular weight excluding hydrogens is 330 g/mol. The predicted molar refractivity (Wildman–Crippen MR) is 97.2 cm³/mol. The number of hydrogen-bond donors (Lipinski definition) is 2. The van der Waals surface area contributed by atoms with Crippen LogP contribution in [0.4, 0.5) is 5.82 Å². The van der Waals surface area contributed by atoms with E-state index in [1.807, 2.05) is 32.0 Å². The quantitative estimate of drug-likeness (QED) is 0.703. The second-order valence-electron chi connectivity index (χ2n) is 5.90. The molecule has 0 unspecified atom stereocenters. The van der Waals surface area contributed by atoms with Crippen LogP contribution in [0.15, 0.2) is 30.5 Å². The molecule has 0 saturated carbocycles. The Morgan fingerprint density at radius 2 is 2.00 bits per heavy atom. The fraction of sp³-hybridized carbons (Fsp3) is 0.158. The number of rotatable bonds is 3. The Bertz CT molecular complexity index is 1050. The van der Waals surface area contributed by atoms with E-state index in [0.717, 1.165) is 16.7 Å². The van der Waals surface area contributed by atoms with Gasteiger partial charge in [0.15, 0.2) is 5.69 Å². The van der Waals surface area contributed by atoms with Gasteiger partial charge >= 0.3 is 5.97 Å². The third kappa shape index (κ3) is 2.89. The molecule has 0 fully saturated rings. The number of ether oxygens (including phenoxy) is 1. The number of nitrogens with one attached hydrogen (secondary N) is 1. The lowest BCUT2D eigenvalue weighted by molar-refractivity contribution is 0.0595. The highest BCUT2D eigenvalue weighted by atomic mass is 16.5. The Balaban J connectivity index is 2.28. The van der Waals surface area contributed by atoms with Crippen LogP contribution in [-0.2, 0) is 4.74 Å². The molecule has 0 aliphatic heterocycles. The fourth-order valence-electron chi connectivity index (χ4n) is 2.79. The zero-order valence-electron chi connectivity index (χ0n) is 14.6. The zero-order valence-corrected chi connectivity index (χ0v) is 14.6. The molecule has 0 atom stereocenters. The summed E-state index contributed by atoms with van der Waals surface area (Å²) in [5.41, 5.74) is 10.9. The van der Waals surface area contributed by atoms with Gasteiger partial charge < -0.3 is 10.5 Å². The minimum Gasteiger partial charge on any atom is -0.464 e. The van der Waals surface area contributed by atoms with Gasteiger partial charge in [-0.1, -0.05) is 17.7 Å². The van der Waals surface area contributed by atoms with Crippen molar-refractivity contribution < 1.29 is 9.53 Å². The number of nitrogens with zero attached hydrogens (tertiary/aromatic N) is 3. The van der Waals surface area contributed by atoms with Crippen molar-refractivity contribution in [2.75, 3.05) is 12.8 Å². The number of carbonyl (C=O) groups excluding carboxylic acids is 1. The summed E-state index contributed by atoms with van der Waals surface area (Å²) in [5.74, 6) is -0.483. The molecule has 7 nitrogen and oxygen atoms in total. The van der Waals surface area contributed by atoms with Crippen molar-refractivity contribution in [1.29, 1.82) is 5.26 Å². The van der Waals surface area contributed by atoms with Crippen LogP contribution in [0.3, 0.4) is 0 Å². The first kappa shape index (κ1) is 17.2. The number of aromatic amines is 1. The smallest absolute Gasteiger partial charge is 0.356 e. The lowest BCUT2D eigenvalue weighted by Crippen LogP contribution is -2.05. The van der Waals surface area contributed by atoms with E-state index in [2.05, 4.69) is 21.3 Å². The van der Waals surface area contributed by atoms with Gasteiger partial charge in [0, 0.05) is 16.7 Å². The summed E-state index contributed by atoms with van der Waals surface area (Å²) >= 11 is 0. The van der Waals surface area contributed by atoms with Crippen LogP contribution in [0.5, 0.6) is 0 Å². The standard InChI is InChI=1S/C19H17N5O2/c1-10-4-5-11(2)12(6-10)16-7-13(14(8-20)18(21)23-16)15-9-22-24-17(15)19(25)26-3/h4-7,9H,1-3H3,(H2,21,23)(H,22,24). The zero-order chi connectivity index (χ0) is 18.8. The number of pyridine rings is 1. The Labute approximate surface area is 150 Å². The molecule has 1 aromatic carbocycles. The topological polar surface area (TPSA) is 118 Å². The number of nitrogens with two attached hydrogens (primary N) is 1. The van der Waals surface area contributed by atoms with Crippen LogP contribution >= 0.6 is 0 Å². The summed E-state index contributed by atoms with van der Waals surface area (Å²) in [6, 6.07) is 9.82. The maximum absolute atomic E-state index is 12.0. The molecule has 0 amide bonds. The summed E-state index contributed by atoms with van der Waals surface area (Å²) in [5, 5.41) is 16.0. The lowest BCUT2D eigenvalue weighted by Gasteiger charge is -2.12. The number of nitriles is 1. The van der Waals surface area contributed by atoms with Gasteiger partial charge in [0.05, 0.1) is 19.0 Å². The first-order valence-electron chi connectivity index (χ1n) is 7.86. The average molecular weight is 347 g/mol. The number of esters is 1. The summed E-state index contributed by atoms with van der Waals surface area (Å²) in [7, 11) is 1.28. The van der Waals surface area contributed by atoms with Gasteiger partial charge in [0.25, 0.3) is 0 Å². The van der Waals surface area contributed by atoms with Crippen LogP contribution in [0.1, 0.15) is 27.2 Å². The molecule has 7 heteroatoms. The number of methoxy groups -OCH3 is 1. The molecule has 2 aromatic heterocycles. The van der Waals surface area contributed by atoms with E-state index in [0.29, 0.717) is 16.8 Å². The highest BCUT2D eigenvalue weighted by Gasteiger charge is 2.21. The van der Waals surface area contributed by atoms with Gasteiger partial charge in [-0.05, 0) is 31.5 Å². The summed E-state index contributed by atoms with van der Waals surface area (Å²) in [6.07, 6.45) is 1.47. The molecule has 3 N–H and O–H groups in total. The number of aryl methyl sites for hydroxylation is 2. The molecule has 3 rings (SSSR count). The molecule has 0 spiro atoms. The second kappa shape index (κ2) is 6.69. The highest BCUT2D eigenvalue weighted by molar-refractivity contribution is 5.97. The van der Waals surface area contributed by atoms with Gasteiger partial charge in [-0.25, -0.2) is 9.78 Å². The molecule has 26 heavy (non-hydrogen) atoms. The Hall–Kier alpha value is -3.66. The lowest BCUT2D eigenvalue weighted by atomic mass is 9.96. The number of hydrogen-bond acceptors (Lipinski definition) is 6. The normalized spacial score (nSPS) is 10.4. The predicted octanol–water partition coefficient (Wildman–Crippen LogP) is 3.00. The average Bonchev–Trinajstić information content (AvgIpc) is 3.12. The van der Waals surface area contributed by atoms with E-state index in [1.165, 1.54) is 13.3 Å². The van der Waals surface area contributed by atoms with E-state index in [4.69, 9.17) is 10.5 Å². The summed E-state index contributed by atoms with van der Waals surface area (Å²) in [4.78, 5) is 16.4.